The molecular weight excluding hydrogens is 164 g/mol. The number of amides is 1. The summed E-state index contributed by atoms with van der Waals surface area (Å²) < 4.78 is 25.1. The average Bonchev–Trinajstić information content (AvgIpc) is 2.30. The van der Waals surface area contributed by atoms with Gasteiger partial charge < -0.3 is 0 Å². The Balaban J connectivity index is 2.89. The third-order valence-electron chi connectivity index (χ3n) is 1.64. The first kappa shape index (κ1) is 7.09. The van der Waals surface area contributed by atoms with Crippen molar-refractivity contribution in [1.82, 2.24) is 0 Å². The van der Waals surface area contributed by atoms with E-state index in [0.29, 0.717) is 10.6 Å². The van der Waals surface area contributed by atoms with E-state index in [4.69, 9.17) is 0 Å². The van der Waals surface area contributed by atoms with Crippen molar-refractivity contribution in [3.05, 3.63) is 34.3 Å². The fourth-order valence-corrected chi connectivity index (χ4v) is 1.10. The number of hydrogen-bond acceptors (Lipinski definition) is 1. The van der Waals surface area contributed by atoms with Crippen molar-refractivity contribution in [3.8, 4) is 0 Å². The molecule has 1 aliphatic heterocycles. The van der Waals surface area contributed by atoms with E-state index in [-0.39, 0.29) is 5.91 Å². The Labute approximate surface area is 65.9 Å². The molecule has 0 aliphatic carbocycles. The summed E-state index contributed by atoms with van der Waals surface area (Å²) in [6, 6.07) is 1.95. The highest BCUT2D eigenvalue weighted by molar-refractivity contribution is 5.97. The summed E-state index contributed by atoms with van der Waals surface area (Å²) in [5.41, 5.74) is 0. The van der Waals surface area contributed by atoms with Crippen LogP contribution in [0, 0.1) is 11.6 Å². The molecular formula is C8H4F2NO+. The molecule has 12 heavy (non-hydrogen) atoms. The Bertz CT molecular complexity index is 436. The molecule has 1 N–H and O–H groups in total. The monoisotopic (exact) mass is 168 g/mol. The lowest BCUT2D eigenvalue weighted by Gasteiger charge is -1.85. The molecule has 0 saturated heterocycles. The van der Waals surface area contributed by atoms with Crippen molar-refractivity contribution in [2.24, 2.45) is 0 Å². The van der Waals surface area contributed by atoms with Crippen LogP contribution in [-0.4, -0.2) is 5.91 Å². The quantitative estimate of drug-likeness (QED) is 0.476. The number of carbonyl (C=O) groups is 1. The van der Waals surface area contributed by atoms with Crippen LogP contribution in [0.1, 0.15) is 0 Å². The minimum absolute atomic E-state index is 0.318. The lowest BCUT2D eigenvalue weighted by atomic mass is 10.3. The van der Waals surface area contributed by atoms with Gasteiger partial charge in [-0.1, -0.05) is 0 Å². The molecule has 0 aromatic heterocycles. The Kier molecular flexibility index (Phi) is 1.30. The molecule has 0 unspecified atom stereocenters. The van der Waals surface area contributed by atoms with Crippen molar-refractivity contribution in [3.63, 3.8) is 0 Å². The van der Waals surface area contributed by atoms with Crippen LogP contribution >= 0.6 is 0 Å². The topological polar surface area (TPSA) is 31.0 Å². The van der Waals surface area contributed by atoms with Crippen molar-refractivity contribution in [1.29, 1.82) is 0 Å². The first-order valence-corrected chi connectivity index (χ1v) is 3.31. The molecule has 4 heteroatoms. The van der Waals surface area contributed by atoms with E-state index >= 15 is 0 Å². The molecule has 0 bridgehead atoms. The second-order valence-electron chi connectivity index (χ2n) is 2.49. The zero-order valence-corrected chi connectivity index (χ0v) is 5.90. The van der Waals surface area contributed by atoms with Crippen LogP contribution in [0.25, 0.3) is 6.08 Å². The number of carbonyl (C=O) groups excluding carboxylic acids is 1. The number of benzene rings is 1. The van der Waals surface area contributed by atoms with Crippen LogP contribution in [0.3, 0.4) is 0 Å². The molecule has 0 saturated carbocycles. The fourth-order valence-electron chi connectivity index (χ4n) is 1.10. The van der Waals surface area contributed by atoms with Crippen molar-refractivity contribution in [2.45, 2.75) is 0 Å². The molecule has 1 amide bonds. The summed E-state index contributed by atoms with van der Waals surface area (Å²) in [5.74, 6) is -2.25. The van der Waals surface area contributed by atoms with Crippen LogP contribution in [0.4, 0.5) is 8.78 Å². The highest BCUT2D eigenvalue weighted by atomic mass is 19.2. The number of rotatable bonds is 0. The summed E-state index contributed by atoms with van der Waals surface area (Å²) in [6.07, 6.45) is 1.22. The summed E-state index contributed by atoms with van der Waals surface area (Å²) in [6.45, 7) is 0. The van der Waals surface area contributed by atoms with E-state index in [9.17, 15) is 13.6 Å². The minimum atomic E-state index is -0.954. The van der Waals surface area contributed by atoms with Crippen LogP contribution in [-0.2, 0) is 4.79 Å². The fraction of sp³-hybridized carbons (Fsp3) is 0. The van der Waals surface area contributed by atoms with E-state index in [1.165, 1.54) is 6.08 Å². The number of hydrogen-bond donors (Lipinski definition) is 1. The smallest absolute Gasteiger partial charge is 0.215 e. The lowest BCUT2D eigenvalue weighted by Crippen LogP contribution is -2.79. The molecule has 60 valence electrons. The van der Waals surface area contributed by atoms with E-state index in [1.807, 2.05) is 0 Å². The van der Waals surface area contributed by atoms with Gasteiger partial charge in [0.2, 0.25) is 5.36 Å². The second kappa shape index (κ2) is 2.20. The Morgan fingerprint density at radius 2 is 1.83 bits per heavy atom. The molecule has 1 aliphatic rings. The highest BCUT2D eigenvalue weighted by Gasteiger charge is 2.13. The molecule has 0 fully saturated rings. The Hall–Kier alpha value is -1.58. The predicted octanol–water partition coefficient (Wildman–Crippen LogP) is -2.01. The molecule has 0 atom stereocenters. The van der Waals surface area contributed by atoms with Gasteiger partial charge in [0.25, 0.3) is 0 Å². The van der Waals surface area contributed by atoms with Crippen molar-refractivity contribution >= 4 is 12.0 Å². The van der Waals surface area contributed by atoms with Crippen molar-refractivity contribution < 1.29 is 18.6 Å². The Morgan fingerprint density at radius 3 is 2.58 bits per heavy atom. The summed E-state index contributed by atoms with van der Waals surface area (Å²) in [7, 11) is 0. The van der Waals surface area contributed by atoms with E-state index in [1.54, 1.807) is 0 Å². The normalized spacial score (nSPS) is 13.7. The van der Waals surface area contributed by atoms with Crippen LogP contribution in [0.2, 0.25) is 0 Å². The van der Waals surface area contributed by atoms with Gasteiger partial charge in [-0.15, -0.1) is 0 Å². The third-order valence-corrected chi connectivity index (χ3v) is 1.64. The maximum absolute atomic E-state index is 12.6. The zero-order valence-electron chi connectivity index (χ0n) is 5.90. The molecule has 2 nitrogen and oxygen atoms in total. The number of fused-ring (bicyclic) bond motifs is 1. The van der Waals surface area contributed by atoms with Gasteiger partial charge in [-0.05, 0) is 6.07 Å². The van der Waals surface area contributed by atoms with Crippen molar-refractivity contribution in [2.75, 3.05) is 0 Å². The highest BCUT2D eigenvalue weighted by Crippen LogP contribution is 1.96. The first-order valence-electron chi connectivity index (χ1n) is 3.31. The minimum Gasteiger partial charge on any atom is -0.215 e. The second-order valence-corrected chi connectivity index (χ2v) is 2.49. The van der Waals surface area contributed by atoms with Crippen LogP contribution in [0.15, 0.2) is 12.1 Å². The van der Waals surface area contributed by atoms with E-state index in [2.05, 4.69) is 4.99 Å². The van der Waals surface area contributed by atoms with Gasteiger partial charge in [0.1, 0.15) is 0 Å². The van der Waals surface area contributed by atoms with Crippen LogP contribution < -0.4 is 15.6 Å². The summed E-state index contributed by atoms with van der Waals surface area (Å²) in [5, 5.41) is 0.706. The Morgan fingerprint density at radius 1 is 1.17 bits per heavy atom. The van der Waals surface area contributed by atoms with Gasteiger partial charge in [0.15, 0.2) is 11.6 Å². The van der Waals surface area contributed by atoms with Gasteiger partial charge in [-0.2, -0.15) is 4.99 Å². The van der Waals surface area contributed by atoms with Gasteiger partial charge >= 0.3 is 5.91 Å². The SMILES string of the molecule is O=C1C=c2cc(F)c(F)cc2=[NH+]1. The molecule has 2 rings (SSSR count). The molecule has 1 aromatic carbocycles. The van der Waals surface area contributed by atoms with E-state index in [0.717, 1.165) is 12.1 Å². The standard InChI is InChI=1S/C8H3F2NO/c9-5-1-4-2-8(12)11-7(4)3-6(5)10/h1-3H/p+1. The van der Waals surface area contributed by atoms with Crippen LogP contribution in [0.5, 0.6) is 0 Å². The van der Waals surface area contributed by atoms with Gasteiger partial charge in [-0.25, -0.2) is 13.6 Å². The molecule has 0 spiro atoms. The van der Waals surface area contributed by atoms with Gasteiger partial charge in [0, 0.05) is 6.07 Å². The van der Waals surface area contributed by atoms with Gasteiger partial charge in [0.05, 0.1) is 11.3 Å². The maximum atomic E-state index is 12.6. The summed E-state index contributed by atoms with van der Waals surface area (Å²) in [4.78, 5) is 13.1. The number of nitrogens with one attached hydrogen (secondary N) is 1. The molecule has 0 radical (unpaired) electrons. The summed E-state index contributed by atoms with van der Waals surface area (Å²) >= 11 is 0. The van der Waals surface area contributed by atoms with E-state index < -0.39 is 11.6 Å². The molecule has 1 aromatic rings. The first-order chi connectivity index (χ1) is 5.66. The van der Waals surface area contributed by atoms with Gasteiger partial charge in [-0.3, -0.25) is 0 Å². The third kappa shape index (κ3) is 0.922. The maximum Gasteiger partial charge on any atom is 0.411 e. The molecule has 1 heterocycles. The lowest BCUT2D eigenvalue weighted by molar-refractivity contribution is -0.406. The largest absolute Gasteiger partial charge is 0.411 e. The zero-order chi connectivity index (χ0) is 8.72. The average molecular weight is 168 g/mol. The number of halogens is 2. The predicted molar refractivity (Wildman–Crippen MR) is 35.1 cm³/mol.